The fourth-order valence-electron chi connectivity index (χ4n) is 5.67. The van der Waals surface area contributed by atoms with E-state index in [4.69, 9.17) is 0 Å². The zero-order valence-corrected chi connectivity index (χ0v) is 24.6. The quantitative estimate of drug-likeness (QED) is 0.312. The summed E-state index contributed by atoms with van der Waals surface area (Å²) in [5.74, 6) is -3.48. The van der Waals surface area contributed by atoms with E-state index in [0.29, 0.717) is 5.56 Å². The summed E-state index contributed by atoms with van der Waals surface area (Å²) in [6.07, 6.45) is 2.18. The van der Waals surface area contributed by atoms with Crippen molar-refractivity contribution in [2.45, 2.75) is 37.8 Å². The second-order valence-corrected chi connectivity index (χ2v) is 12.6. The van der Waals surface area contributed by atoms with Crippen molar-refractivity contribution in [1.29, 1.82) is 0 Å². The van der Waals surface area contributed by atoms with Crippen LogP contribution in [0.15, 0.2) is 64.8 Å². The average Bonchev–Trinajstić information content (AvgIpc) is 2.92. The normalized spacial score (nSPS) is 17.4. The fourth-order valence-corrected chi connectivity index (χ4v) is 6.60. The largest absolute Gasteiger partial charge is 0.355 e. The molecule has 0 radical (unpaired) electrons. The molecule has 1 aliphatic heterocycles. The Balaban J connectivity index is 1.89. The van der Waals surface area contributed by atoms with E-state index < -0.39 is 56.3 Å². The molecule has 2 atom stereocenters. The van der Waals surface area contributed by atoms with Gasteiger partial charge in [-0.15, -0.1) is 0 Å². The Hall–Kier alpha value is -4.52. The number of pyridine rings is 1. The molecule has 13 heteroatoms. The Morgan fingerprint density at radius 1 is 1.00 bits per heavy atom. The SMILES string of the molecule is C=CC(=O)N1C[C@H](C)N(c2nc(=O)n(-c3c(C)cccc3S(C)(=O)=O)c3nc(-c4c(F)cccc4F)c(F)cc23)[C@@H](C)C1. The highest BCUT2D eigenvalue weighted by atomic mass is 32.2. The number of piperazine rings is 1. The van der Waals surface area contributed by atoms with Crippen molar-refractivity contribution in [2.75, 3.05) is 24.2 Å². The number of halogens is 3. The molecule has 2 aromatic carbocycles. The van der Waals surface area contributed by atoms with Crippen LogP contribution in [-0.2, 0) is 14.6 Å². The first-order valence-corrected chi connectivity index (χ1v) is 15.2. The second-order valence-electron chi connectivity index (χ2n) is 10.6. The summed E-state index contributed by atoms with van der Waals surface area (Å²) in [6.45, 7) is 9.20. The van der Waals surface area contributed by atoms with Gasteiger partial charge in [0.1, 0.15) is 23.1 Å². The monoisotopic (exact) mass is 611 g/mol. The molecular weight excluding hydrogens is 583 g/mol. The van der Waals surface area contributed by atoms with Crippen LogP contribution in [0.4, 0.5) is 19.0 Å². The Bertz CT molecular complexity index is 1950. The number of aryl methyl sites for hydroxylation is 1. The number of amides is 1. The van der Waals surface area contributed by atoms with Crippen LogP contribution in [0.3, 0.4) is 0 Å². The molecule has 1 saturated heterocycles. The second kappa shape index (κ2) is 11.0. The van der Waals surface area contributed by atoms with Gasteiger partial charge in [0.05, 0.1) is 21.5 Å². The van der Waals surface area contributed by atoms with Crippen LogP contribution in [0.1, 0.15) is 19.4 Å². The number of nitrogens with zero attached hydrogens (tertiary/aromatic N) is 5. The Labute approximate surface area is 245 Å². The molecule has 0 N–H and O–H groups in total. The van der Waals surface area contributed by atoms with Crippen molar-refractivity contribution in [3.05, 3.63) is 88.6 Å². The molecule has 9 nitrogen and oxygen atoms in total. The Morgan fingerprint density at radius 3 is 2.19 bits per heavy atom. The van der Waals surface area contributed by atoms with Crippen LogP contribution >= 0.6 is 0 Å². The number of carbonyl (C=O) groups excluding carboxylic acids is 1. The van der Waals surface area contributed by atoms with E-state index in [2.05, 4.69) is 16.5 Å². The highest BCUT2D eigenvalue weighted by Crippen LogP contribution is 2.35. The number of aromatic nitrogens is 3. The van der Waals surface area contributed by atoms with Gasteiger partial charge in [-0.05, 0) is 56.7 Å². The van der Waals surface area contributed by atoms with Gasteiger partial charge in [0, 0.05) is 31.4 Å². The minimum atomic E-state index is -3.90. The van der Waals surface area contributed by atoms with Crippen LogP contribution in [0.5, 0.6) is 0 Å². The molecule has 0 aliphatic carbocycles. The van der Waals surface area contributed by atoms with Gasteiger partial charge in [-0.1, -0.05) is 24.8 Å². The van der Waals surface area contributed by atoms with E-state index >= 15 is 4.39 Å². The van der Waals surface area contributed by atoms with Crippen LogP contribution in [0.25, 0.3) is 28.0 Å². The van der Waals surface area contributed by atoms with Crippen LogP contribution in [0, 0.1) is 24.4 Å². The summed E-state index contributed by atoms with van der Waals surface area (Å²) in [5.41, 5.74) is -2.34. The molecule has 2 aromatic heterocycles. The first-order chi connectivity index (χ1) is 20.2. The third-order valence-corrected chi connectivity index (χ3v) is 8.60. The average molecular weight is 612 g/mol. The van der Waals surface area contributed by atoms with Crippen LogP contribution in [0.2, 0.25) is 0 Å². The molecular formula is C30H28F3N5O4S. The molecule has 1 aliphatic rings. The summed E-state index contributed by atoms with van der Waals surface area (Å²) in [5, 5.41) is 0.00231. The summed E-state index contributed by atoms with van der Waals surface area (Å²) in [6, 6.07) is 7.59. The molecule has 0 unspecified atom stereocenters. The van der Waals surface area contributed by atoms with E-state index in [-0.39, 0.29) is 46.4 Å². The van der Waals surface area contributed by atoms with Gasteiger partial charge in [0.2, 0.25) is 5.91 Å². The lowest BCUT2D eigenvalue weighted by molar-refractivity contribution is -0.127. The van der Waals surface area contributed by atoms with E-state index in [0.717, 1.165) is 35.1 Å². The summed E-state index contributed by atoms with van der Waals surface area (Å²) >= 11 is 0. The van der Waals surface area contributed by atoms with Crippen molar-refractivity contribution >= 4 is 32.6 Å². The molecule has 1 amide bonds. The molecule has 1 fully saturated rings. The molecule has 0 saturated carbocycles. The number of hydrogen-bond acceptors (Lipinski definition) is 7. The molecule has 224 valence electrons. The highest BCUT2D eigenvalue weighted by molar-refractivity contribution is 7.90. The topological polar surface area (TPSA) is 105 Å². The van der Waals surface area contributed by atoms with E-state index in [9.17, 15) is 26.8 Å². The van der Waals surface area contributed by atoms with Crippen molar-refractivity contribution in [3.63, 3.8) is 0 Å². The van der Waals surface area contributed by atoms with Gasteiger partial charge in [-0.25, -0.2) is 35.9 Å². The van der Waals surface area contributed by atoms with Crippen molar-refractivity contribution in [1.82, 2.24) is 19.4 Å². The molecule has 5 rings (SSSR count). The third kappa shape index (κ3) is 5.18. The first-order valence-electron chi connectivity index (χ1n) is 13.3. The minimum Gasteiger partial charge on any atom is -0.347 e. The number of anilines is 1. The number of para-hydroxylation sites is 1. The van der Waals surface area contributed by atoms with Crippen LogP contribution < -0.4 is 10.6 Å². The number of carbonyl (C=O) groups is 1. The highest BCUT2D eigenvalue weighted by Gasteiger charge is 2.35. The molecule has 3 heterocycles. The predicted molar refractivity (Wildman–Crippen MR) is 156 cm³/mol. The van der Waals surface area contributed by atoms with Crippen LogP contribution in [-0.4, -0.2) is 65.2 Å². The lowest BCUT2D eigenvalue weighted by Crippen LogP contribution is -2.58. The number of hydrogen-bond donors (Lipinski definition) is 0. The van der Waals surface area contributed by atoms with Gasteiger partial charge in [0.15, 0.2) is 21.3 Å². The van der Waals surface area contributed by atoms with E-state index in [1.54, 1.807) is 36.6 Å². The van der Waals surface area contributed by atoms with Gasteiger partial charge in [-0.2, -0.15) is 4.98 Å². The number of sulfone groups is 1. The maximum Gasteiger partial charge on any atom is 0.355 e. The first kappa shape index (κ1) is 30.0. The van der Waals surface area contributed by atoms with Gasteiger partial charge in [-0.3, -0.25) is 4.79 Å². The zero-order chi connectivity index (χ0) is 31.4. The minimum absolute atomic E-state index is 0.00231. The van der Waals surface area contributed by atoms with Crippen molar-refractivity contribution in [3.8, 4) is 16.9 Å². The maximum absolute atomic E-state index is 15.8. The smallest absolute Gasteiger partial charge is 0.347 e. The zero-order valence-electron chi connectivity index (χ0n) is 23.8. The molecule has 0 bridgehead atoms. The molecule has 43 heavy (non-hydrogen) atoms. The molecule has 4 aromatic rings. The summed E-state index contributed by atoms with van der Waals surface area (Å²) in [4.78, 5) is 38.0. The Kier molecular flexibility index (Phi) is 7.63. The van der Waals surface area contributed by atoms with Gasteiger partial charge >= 0.3 is 5.69 Å². The van der Waals surface area contributed by atoms with E-state index in [1.807, 2.05) is 0 Å². The lowest BCUT2D eigenvalue weighted by atomic mass is 10.1. The maximum atomic E-state index is 15.8. The Morgan fingerprint density at radius 2 is 1.60 bits per heavy atom. The number of fused-ring (bicyclic) bond motifs is 1. The van der Waals surface area contributed by atoms with Crippen molar-refractivity contribution < 1.29 is 26.4 Å². The molecule has 0 spiro atoms. The lowest BCUT2D eigenvalue weighted by Gasteiger charge is -2.45. The summed E-state index contributed by atoms with van der Waals surface area (Å²) < 4.78 is 72.1. The standard InChI is InChI=1S/C30H28F3N5O4S/c1-6-24(39)36-14-17(3)37(18(4)15-36)29-19-13-22(33)26(25-20(31)10-8-11-21(25)32)34-28(19)38(30(40)35-29)27-16(2)9-7-12-23(27)43(5,41)42/h6-13,17-18H,1,14-15H2,2-5H3/t17-,18-/m0/s1. The third-order valence-electron chi connectivity index (χ3n) is 7.47. The number of rotatable bonds is 5. The van der Waals surface area contributed by atoms with Crippen molar-refractivity contribution in [2.24, 2.45) is 0 Å². The van der Waals surface area contributed by atoms with E-state index in [1.165, 1.54) is 18.2 Å². The van der Waals surface area contributed by atoms with Gasteiger partial charge in [0.25, 0.3) is 0 Å². The van der Waals surface area contributed by atoms with Gasteiger partial charge < -0.3 is 9.80 Å². The number of benzene rings is 2. The predicted octanol–water partition coefficient (Wildman–Crippen LogP) is 4.19. The fraction of sp³-hybridized carbons (Fsp3) is 0.267. The summed E-state index contributed by atoms with van der Waals surface area (Å²) in [7, 11) is -3.90.